The zero-order valence-corrected chi connectivity index (χ0v) is 9.37. The Bertz CT molecular complexity index is 401. The van der Waals surface area contributed by atoms with Crippen molar-refractivity contribution in [3.05, 3.63) is 30.1 Å². The van der Waals surface area contributed by atoms with Gasteiger partial charge < -0.3 is 15.7 Å². The van der Waals surface area contributed by atoms with Gasteiger partial charge in [-0.25, -0.2) is 9.18 Å². The van der Waals surface area contributed by atoms with Gasteiger partial charge in [-0.2, -0.15) is 0 Å². The van der Waals surface area contributed by atoms with Gasteiger partial charge in [0.2, 0.25) is 0 Å². The SMILES string of the molecule is O=C(NCC1(O)CCC1)Nc1ccc(F)cc1. The minimum absolute atomic E-state index is 0.250. The predicted molar refractivity (Wildman–Crippen MR) is 62.2 cm³/mol. The molecule has 1 saturated carbocycles. The maximum Gasteiger partial charge on any atom is 0.319 e. The molecule has 0 saturated heterocycles. The summed E-state index contributed by atoms with van der Waals surface area (Å²) in [5, 5.41) is 14.9. The van der Waals surface area contributed by atoms with E-state index >= 15 is 0 Å². The summed E-state index contributed by atoms with van der Waals surface area (Å²) in [4.78, 5) is 11.5. The molecule has 4 nitrogen and oxygen atoms in total. The zero-order chi connectivity index (χ0) is 12.3. The van der Waals surface area contributed by atoms with Crippen molar-refractivity contribution in [1.29, 1.82) is 0 Å². The highest BCUT2D eigenvalue weighted by atomic mass is 19.1. The van der Waals surface area contributed by atoms with Crippen molar-refractivity contribution in [2.45, 2.75) is 24.9 Å². The Kier molecular flexibility index (Phi) is 3.28. The van der Waals surface area contributed by atoms with E-state index in [1.807, 2.05) is 0 Å². The summed E-state index contributed by atoms with van der Waals surface area (Å²) in [5.41, 5.74) is -0.218. The van der Waals surface area contributed by atoms with Crippen LogP contribution >= 0.6 is 0 Å². The number of hydrogen-bond acceptors (Lipinski definition) is 2. The highest BCUT2D eigenvalue weighted by Gasteiger charge is 2.34. The fourth-order valence-electron chi connectivity index (χ4n) is 1.71. The molecular formula is C12H15FN2O2. The molecule has 0 spiro atoms. The van der Waals surface area contributed by atoms with Crippen LogP contribution in [0.5, 0.6) is 0 Å². The summed E-state index contributed by atoms with van der Waals surface area (Å²) >= 11 is 0. The molecule has 92 valence electrons. The molecule has 2 amide bonds. The third-order valence-corrected chi connectivity index (χ3v) is 2.96. The van der Waals surface area contributed by atoms with E-state index in [9.17, 15) is 14.3 Å². The Labute approximate surface area is 98.8 Å². The molecular weight excluding hydrogens is 223 g/mol. The van der Waals surface area contributed by atoms with Crippen LogP contribution in [0.4, 0.5) is 14.9 Å². The van der Waals surface area contributed by atoms with E-state index in [-0.39, 0.29) is 12.4 Å². The zero-order valence-electron chi connectivity index (χ0n) is 9.37. The van der Waals surface area contributed by atoms with E-state index in [2.05, 4.69) is 10.6 Å². The Hall–Kier alpha value is -1.62. The highest BCUT2D eigenvalue weighted by molar-refractivity contribution is 5.89. The molecule has 0 heterocycles. The minimum Gasteiger partial charge on any atom is -0.388 e. The molecule has 1 fully saturated rings. The van der Waals surface area contributed by atoms with Gasteiger partial charge in [0, 0.05) is 12.2 Å². The van der Waals surface area contributed by atoms with Gasteiger partial charge in [-0.05, 0) is 43.5 Å². The predicted octanol–water partition coefficient (Wildman–Crippen LogP) is 1.86. The molecule has 5 heteroatoms. The van der Waals surface area contributed by atoms with Crippen LogP contribution in [-0.2, 0) is 0 Å². The van der Waals surface area contributed by atoms with Crippen molar-refractivity contribution in [2.24, 2.45) is 0 Å². The lowest BCUT2D eigenvalue weighted by Gasteiger charge is -2.36. The van der Waals surface area contributed by atoms with Crippen molar-refractivity contribution in [3.8, 4) is 0 Å². The van der Waals surface area contributed by atoms with Crippen LogP contribution in [0.25, 0.3) is 0 Å². The molecule has 3 N–H and O–H groups in total. The first-order chi connectivity index (χ1) is 8.07. The summed E-state index contributed by atoms with van der Waals surface area (Å²) in [7, 11) is 0. The van der Waals surface area contributed by atoms with Crippen molar-refractivity contribution >= 4 is 11.7 Å². The van der Waals surface area contributed by atoms with Crippen molar-refractivity contribution < 1.29 is 14.3 Å². The fraction of sp³-hybridized carbons (Fsp3) is 0.417. The van der Waals surface area contributed by atoms with Crippen LogP contribution in [0.3, 0.4) is 0 Å². The number of rotatable bonds is 3. The van der Waals surface area contributed by atoms with E-state index in [1.54, 1.807) is 0 Å². The maximum atomic E-state index is 12.6. The Morgan fingerprint density at radius 3 is 2.53 bits per heavy atom. The van der Waals surface area contributed by atoms with Crippen LogP contribution in [0.2, 0.25) is 0 Å². The fourth-order valence-corrected chi connectivity index (χ4v) is 1.71. The molecule has 0 atom stereocenters. The highest BCUT2D eigenvalue weighted by Crippen LogP contribution is 2.30. The Morgan fingerprint density at radius 1 is 1.35 bits per heavy atom. The van der Waals surface area contributed by atoms with Gasteiger partial charge in [-0.3, -0.25) is 0 Å². The molecule has 0 aliphatic heterocycles. The Balaban J connectivity index is 1.79. The second-order valence-electron chi connectivity index (χ2n) is 4.39. The number of aliphatic hydroxyl groups is 1. The van der Waals surface area contributed by atoms with Gasteiger partial charge in [0.15, 0.2) is 0 Å². The topological polar surface area (TPSA) is 61.4 Å². The normalized spacial score (nSPS) is 17.1. The summed E-state index contributed by atoms with van der Waals surface area (Å²) in [5.74, 6) is -0.347. The number of benzene rings is 1. The molecule has 1 aliphatic carbocycles. The number of urea groups is 1. The lowest BCUT2D eigenvalue weighted by Crippen LogP contribution is -2.48. The first-order valence-corrected chi connectivity index (χ1v) is 5.60. The monoisotopic (exact) mass is 238 g/mol. The average molecular weight is 238 g/mol. The molecule has 0 unspecified atom stereocenters. The number of carbonyl (C=O) groups is 1. The first kappa shape index (κ1) is 11.9. The second kappa shape index (κ2) is 4.71. The van der Waals surface area contributed by atoms with Gasteiger partial charge in [0.05, 0.1) is 5.60 Å². The number of amides is 2. The first-order valence-electron chi connectivity index (χ1n) is 5.60. The van der Waals surface area contributed by atoms with Crippen LogP contribution < -0.4 is 10.6 Å². The number of anilines is 1. The van der Waals surface area contributed by atoms with Crippen LogP contribution in [-0.4, -0.2) is 23.3 Å². The number of carbonyl (C=O) groups excluding carboxylic acids is 1. The third kappa shape index (κ3) is 3.17. The largest absolute Gasteiger partial charge is 0.388 e. The quantitative estimate of drug-likeness (QED) is 0.752. The molecule has 2 rings (SSSR count). The average Bonchev–Trinajstić information content (AvgIpc) is 2.27. The van der Waals surface area contributed by atoms with Crippen molar-refractivity contribution in [1.82, 2.24) is 5.32 Å². The van der Waals surface area contributed by atoms with E-state index in [0.29, 0.717) is 5.69 Å². The van der Waals surface area contributed by atoms with Gasteiger partial charge in [0.25, 0.3) is 0 Å². The van der Waals surface area contributed by atoms with Crippen LogP contribution in [0.1, 0.15) is 19.3 Å². The van der Waals surface area contributed by atoms with E-state index < -0.39 is 11.6 Å². The van der Waals surface area contributed by atoms with Gasteiger partial charge in [0.1, 0.15) is 5.82 Å². The van der Waals surface area contributed by atoms with Crippen LogP contribution in [0.15, 0.2) is 24.3 Å². The summed E-state index contributed by atoms with van der Waals surface area (Å²) in [6.07, 6.45) is 2.45. The third-order valence-electron chi connectivity index (χ3n) is 2.96. The molecule has 0 bridgehead atoms. The minimum atomic E-state index is -0.736. The van der Waals surface area contributed by atoms with Gasteiger partial charge in [-0.1, -0.05) is 0 Å². The number of halogens is 1. The van der Waals surface area contributed by atoms with E-state index in [1.165, 1.54) is 24.3 Å². The Morgan fingerprint density at radius 2 is 2.00 bits per heavy atom. The van der Waals surface area contributed by atoms with E-state index in [0.717, 1.165) is 19.3 Å². The summed E-state index contributed by atoms with van der Waals surface area (Å²) in [6.45, 7) is 0.250. The molecule has 1 aliphatic rings. The summed E-state index contributed by atoms with van der Waals surface area (Å²) < 4.78 is 12.6. The molecule has 1 aromatic carbocycles. The van der Waals surface area contributed by atoms with E-state index in [4.69, 9.17) is 0 Å². The maximum absolute atomic E-state index is 12.6. The smallest absolute Gasteiger partial charge is 0.319 e. The van der Waals surface area contributed by atoms with Crippen molar-refractivity contribution in [3.63, 3.8) is 0 Å². The molecule has 17 heavy (non-hydrogen) atoms. The summed E-state index contributed by atoms with van der Waals surface area (Å²) in [6, 6.07) is 5.11. The standard InChI is InChI=1S/C12H15FN2O2/c13-9-2-4-10(5-3-9)15-11(16)14-8-12(17)6-1-7-12/h2-5,17H,1,6-8H2,(H2,14,15,16). The van der Waals surface area contributed by atoms with Gasteiger partial charge in [-0.15, -0.1) is 0 Å². The molecule has 0 aromatic heterocycles. The lowest BCUT2D eigenvalue weighted by molar-refractivity contribution is -0.0287. The van der Waals surface area contributed by atoms with Crippen molar-refractivity contribution in [2.75, 3.05) is 11.9 Å². The second-order valence-corrected chi connectivity index (χ2v) is 4.39. The molecule has 0 radical (unpaired) electrons. The lowest BCUT2D eigenvalue weighted by atomic mass is 9.80. The number of nitrogens with one attached hydrogen (secondary N) is 2. The molecule has 1 aromatic rings. The van der Waals surface area contributed by atoms with Crippen LogP contribution in [0, 0.1) is 5.82 Å². The van der Waals surface area contributed by atoms with Gasteiger partial charge >= 0.3 is 6.03 Å². The number of hydrogen-bond donors (Lipinski definition) is 3.